The number of aliphatic hydroxyl groups excluding tert-OH is 2. The summed E-state index contributed by atoms with van der Waals surface area (Å²) in [5.41, 5.74) is 4.22. The number of hydrogen-bond donors (Lipinski definition) is 5. The molecule has 0 heterocycles. The van der Waals surface area contributed by atoms with Gasteiger partial charge in [0.1, 0.15) is 17.4 Å². The number of primary amides is 1. The monoisotopic (exact) mass is 473 g/mol. The summed E-state index contributed by atoms with van der Waals surface area (Å²) in [7, 11) is 7.03. The zero-order valence-electron chi connectivity index (χ0n) is 19.6. The Bertz CT molecular complexity index is 1110. The highest BCUT2D eigenvalue weighted by molar-refractivity contribution is 6.15. The number of Topliss-reactive ketones (excluding diaryl/α,β-unsaturated/α-hetero) is 2. The van der Waals surface area contributed by atoms with E-state index in [0.29, 0.717) is 18.5 Å². The standard InChI is InChI=1S/C24H31N3O7/c1-26(2)9-10-5-6-14(28)16-12(10)7-11-8-13-18(27(3)4)20(30)17(23(25)33)22(32)24(13,34)21(31)15(11)19(16)29/h5-6,11,13,17-18,20,28,30-31,34H,7-9H2,1-4H3,(H2,25,33)/t11?,13?,17?,18-,20?,24-/m0/s1. The van der Waals surface area contributed by atoms with Gasteiger partial charge in [0.25, 0.3) is 0 Å². The highest BCUT2D eigenvalue weighted by Gasteiger charge is 2.66. The number of carbonyl (C=O) groups excluding carboxylic acids is 3. The van der Waals surface area contributed by atoms with Crippen LogP contribution in [0.1, 0.15) is 27.9 Å². The van der Waals surface area contributed by atoms with Crippen molar-refractivity contribution in [3.05, 3.63) is 40.2 Å². The van der Waals surface area contributed by atoms with Crippen molar-refractivity contribution < 1.29 is 34.8 Å². The van der Waals surface area contributed by atoms with Crippen molar-refractivity contribution in [2.24, 2.45) is 23.5 Å². The Kier molecular flexibility index (Phi) is 5.84. The van der Waals surface area contributed by atoms with Crippen LogP contribution in [0, 0.1) is 17.8 Å². The molecule has 0 aliphatic heterocycles. The average molecular weight is 474 g/mol. The summed E-state index contributed by atoms with van der Waals surface area (Å²) < 4.78 is 0. The van der Waals surface area contributed by atoms with Gasteiger partial charge < -0.3 is 36.0 Å². The van der Waals surface area contributed by atoms with E-state index in [1.807, 2.05) is 19.0 Å². The third-order valence-electron chi connectivity index (χ3n) is 7.56. The highest BCUT2D eigenvalue weighted by atomic mass is 16.3. The molecule has 4 unspecified atom stereocenters. The number of benzene rings is 1. The first-order valence-corrected chi connectivity index (χ1v) is 11.2. The minimum Gasteiger partial charge on any atom is -0.508 e. The molecule has 1 saturated carbocycles. The van der Waals surface area contributed by atoms with Crippen LogP contribution in [0.4, 0.5) is 0 Å². The number of ketones is 2. The minimum absolute atomic E-state index is 0.0399. The van der Waals surface area contributed by atoms with Crippen LogP contribution in [-0.2, 0) is 22.6 Å². The molecule has 1 amide bonds. The molecule has 4 rings (SSSR count). The molecule has 6 atom stereocenters. The second-order valence-corrected chi connectivity index (χ2v) is 10.1. The molecule has 10 heteroatoms. The molecule has 0 bridgehead atoms. The molecule has 0 spiro atoms. The lowest BCUT2D eigenvalue weighted by molar-refractivity contribution is -0.178. The quantitative estimate of drug-likeness (QED) is 0.357. The third-order valence-corrected chi connectivity index (χ3v) is 7.56. The summed E-state index contributed by atoms with van der Waals surface area (Å²) in [6.45, 7) is 0.527. The zero-order valence-corrected chi connectivity index (χ0v) is 19.6. The lowest BCUT2D eigenvalue weighted by atomic mass is 9.56. The number of allylic oxidation sites excluding steroid dienone is 1. The average Bonchev–Trinajstić information content (AvgIpc) is 2.72. The van der Waals surface area contributed by atoms with Gasteiger partial charge in [0.2, 0.25) is 5.91 Å². The molecule has 1 fully saturated rings. The summed E-state index contributed by atoms with van der Waals surface area (Å²) in [5.74, 6) is -7.27. The molecule has 1 aromatic rings. The Morgan fingerprint density at radius 2 is 1.82 bits per heavy atom. The third kappa shape index (κ3) is 3.28. The number of aliphatic hydroxyl groups is 3. The number of aromatic hydroxyl groups is 1. The normalized spacial score (nSPS) is 33.1. The van der Waals surface area contributed by atoms with Crippen molar-refractivity contribution in [1.29, 1.82) is 0 Å². The van der Waals surface area contributed by atoms with Gasteiger partial charge in [0, 0.05) is 24.1 Å². The second kappa shape index (κ2) is 8.16. The zero-order chi connectivity index (χ0) is 25.3. The number of hydrogen-bond acceptors (Lipinski definition) is 9. The molecule has 0 radical (unpaired) electrons. The number of phenols is 1. The number of amides is 1. The van der Waals surface area contributed by atoms with E-state index in [9.17, 15) is 34.8 Å². The van der Waals surface area contributed by atoms with Crippen molar-refractivity contribution in [3.63, 3.8) is 0 Å². The Morgan fingerprint density at radius 3 is 2.38 bits per heavy atom. The Hall–Kier alpha value is -2.79. The molecule has 1 aromatic carbocycles. The first-order chi connectivity index (χ1) is 15.8. The van der Waals surface area contributed by atoms with Crippen LogP contribution in [0.2, 0.25) is 0 Å². The number of likely N-dealkylation sites (N-methyl/N-ethyl adjacent to an activating group) is 1. The maximum atomic E-state index is 13.6. The van der Waals surface area contributed by atoms with Gasteiger partial charge in [-0.1, -0.05) is 6.07 Å². The Labute approximate surface area is 197 Å². The van der Waals surface area contributed by atoms with Crippen LogP contribution < -0.4 is 5.73 Å². The smallest absolute Gasteiger partial charge is 0.230 e. The summed E-state index contributed by atoms with van der Waals surface area (Å²) in [4.78, 5) is 42.4. The first kappa shape index (κ1) is 24.3. The number of nitrogens with two attached hydrogens (primary N) is 1. The fraction of sp³-hybridized carbons (Fsp3) is 0.542. The fourth-order valence-corrected chi connectivity index (χ4v) is 6.16. The van der Waals surface area contributed by atoms with Gasteiger partial charge in [-0.3, -0.25) is 14.4 Å². The molecule has 0 aromatic heterocycles. The van der Waals surface area contributed by atoms with E-state index in [-0.39, 0.29) is 23.3 Å². The molecule has 10 nitrogen and oxygen atoms in total. The second-order valence-electron chi connectivity index (χ2n) is 10.1. The van der Waals surface area contributed by atoms with Crippen molar-refractivity contribution >= 4 is 17.5 Å². The van der Waals surface area contributed by atoms with Crippen LogP contribution in [0.15, 0.2) is 23.5 Å². The van der Waals surface area contributed by atoms with Crippen molar-refractivity contribution in [2.75, 3.05) is 28.2 Å². The number of rotatable bonds is 4. The molecule has 0 saturated heterocycles. The predicted molar refractivity (Wildman–Crippen MR) is 121 cm³/mol. The number of fused-ring (bicyclic) bond motifs is 3. The van der Waals surface area contributed by atoms with Crippen LogP contribution in [-0.4, -0.2) is 93.6 Å². The maximum absolute atomic E-state index is 13.6. The van der Waals surface area contributed by atoms with Crippen LogP contribution in [0.3, 0.4) is 0 Å². The van der Waals surface area contributed by atoms with Gasteiger partial charge >= 0.3 is 0 Å². The Morgan fingerprint density at radius 1 is 1.18 bits per heavy atom. The molecular formula is C24H31N3O7. The van der Waals surface area contributed by atoms with E-state index in [4.69, 9.17) is 5.73 Å². The Balaban J connectivity index is 1.92. The molecule has 3 aliphatic carbocycles. The molecule has 3 aliphatic rings. The van der Waals surface area contributed by atoms with Gasteiger partial charge in [-0.05, 0) is 64.1 Å². The summed E-state index contributed by atoms with van der Waals surface area (Å²) in [5, 5.41) is 44.3. The lowest BCUT2D eigenvalue weighted by Gasteiger charge is -2.53. The summed E-state index contributed by atoms with van der Waals surface area (Å²) in [6.07, 6.45) is -1.08. The van der Waals surface area contributed by atoms with Crippen LogP contribution in [0.25, 0.3) is 0 Å². The molecule has 6 N–H and O–H groups in total. The highest BCUT2D eigenvalue weighted by Crippen LogP contribution is 2.52. The maximum Gasteiger partial charge on any atom is 0.230 e. The summed E-state index contributed by atoms with van der Waals surface area (Å²) in [6, 6.07) is 2.29. The largest absolute Gasteiger partial charge is 0.508 e. The van der Waals surface area contributed by atoms with Crippen LogP contribution >= 0.6 is 0 Å². The van der Waals surface area contributed by atoms with E-state index < -0.39 is 58.7 Å². The summed E-state index contributed by atoms with van der Waals surface area (Å²) >= 11 is 0. The SMILES string of the molecule is CN(C)Cc1ccc(O)c2c1CC1CC3[C@H](N(C)C)C(O)C(C(N)=O)C(=O)[C@@]3(O)C(O)=C1C2=O. The van der Waals surface area contributed by atoms with Crippen molar-refractivity contribution in [2.45, 2.75) is 37.1 Å². The van der Waals surface area contributed by atoms with E-state index in [1.165, 1.54) is 6.07 Å². The predicted octanol–water partition coefficient (Wildman–Crippen LogP) is -0.653. The van der Waals surface area contributed by atoms with E-state index in [2.05, 4.69) is 0 Å². The van der Waals surface area contributed by atoms with Gasteiger partial charge in [-0.2, -0.15) is 0 Å². The van der Waals surface area contributed by atoms with Gasteiger partial charge in [-0.25, -0.2) is 0 Å². The van der Waals surface area contributed by atoms with Gasteiger partial charge in [-0.15, -0.1) is 0 Å². The number of phenolic OH excluding ortho intramolecular Hbond substituents is 1. The minimum atomic E-state index is -2.57. The van der Waals surface area contributed by atoms with Crippen molar-refractivity contribution in [3.8, 4) is 5.75 Å². The first-order valence-electron chi connectivity index (χ1n) is 11.2. The van der Waals surface area contributed by atoms with E-state index >= 15 is 0 Å². The van der Waals surface area contributed by atoms with Crippen molar-refractivity contribution in [1.82, 2.24) is 9.80 Å². The van der Waals surface area contributed by atoms with E-state index in [0.717, 1.165) is 5.56 Å². The topological polar surface area (TPSA) is 165 Å². The van der Waals surface area contributed by atoms with Gasteiger partial charge in [0.15, 0.2) is 17.2 Å². The van der Waals surface area contributed by atoms with E-state index in [1.54, 1.807) is 25.1 Å². The van der Waals surface area contributed by atoms with Gasteiger partial charge in [0.05, 0.1) is 11.7 Å². The molecule has 184 valence electrons. The number of carbonyl (C=O) groups is 3. The fourth-order valence-electron chi connectivity index (χ4n) is 6.16. The lowest BCUT2D eigenvalue weighted by Crippen LogP contribution is -2.71. The number of nitrogens with zero attached hydrogens (tertiary/aromatic N) is 2. The van der Waals surface area contributed by atoms with Crippen LogP contribution in [0.5, 0.6) is 5.75 Å². The molecular weight excluding hydrogens is 442 g/mol. The molecule has 34 heavy (non-hydrogen) atoms.